The van der Waals surface area contributed by atoms with Crippen molar-refractivity contribution in [2.45, 2.75) is 52.0 Å². The minimum absolute atomic E-state index is 0.0991. The Kier molecular flexibility index (Phi) is 3.17. The topological polar surface area (TPSA) is 35.2 Å². The van der Waals surface area contributed by atoms with Crippen LogP contribution in [0, 0.1) is 6.92 Å². The van der Waals surface area contributed by atoms with E-state index in [1.54, 1.807) is 0 Å². The standard InChI is InChI=1S/C15H23NO/c1-10-7-8-11(15(2,3)4)14-13(10)12(16)6-5-9-17-14/h7-8,12H,5-6,9,16H2,1-4H3. The molecule has 2 nitrogen and oxygen atoms in total. The lowest BCUT2D eigenvalue weighted by atomic mass is 9.83. The molecule has 2 N–H and O–H groups in total. The zero-order valence-corrected chi connectivity index (χ0v) is 11.3. The Morgan fingerprint density at radius 1 is 1.29 bits per heavy atom. The fourth-order valence-electron chi connectivity index (χ4n) is 2.53. The number of benzene rings is 1. The highest BCUT2D eigenvalue weighted by molar-refractivity contribution is 5.50. The number of nitrogens with two attached hydrogens (primary N) is 1. The van der Waals surface area contributed by atoms with Gasteiger partial charge in [0.05, 0.1) is 6.61 Å². The highest BCUT2D eigenvalue weighted by Gasteiger charge is 2.26. The third kappa shape index (κ3) is 2.32. The summed E-state index contributed by atoms with van der Waals surface area (Å²) >= 11 is 0. The van der Waals surface area contributed by atoms with Crippen molar-refractivity contribution in [3.8, 4) is 5.75 Å². The molecule has 2 heteroatoms. The number of rotatable bonds is 0. The van der Waals surface area contributed by atoms with Crippen LogP contribution in [0.3, 0.4) is 0 Å². The van der Waals surface area contributed by atoms with Crippen molar-refractivity contribution < 1.29 is 4.74 Å². The van der Waals surface area contributed by atoms with Crippen LogP contribution in [0.15, 0.2) is 12.1 Å². The van der Waals surface area contributed by atoms with E-state index in [4.69, 9.17) is 10.5 Å². The molecule has 1 aromatic rings. The summed E-state index contributed by atoms with van der Waals surface area (Å²) in [5.74, 6) is 1.04. The van der Waals surface area contributed by atoms with Gasteiger partial charge < -0.3 is 10.5 Å². The average Bonchev–Trinajstić information content (AvgIpc) is 2.40. The van der Waals surface area contributed by atoms with Crippen molar-refractivity contribution in [1.82, 2.24) is 0 Å². The van der Waals surface area contributed by atoms with E-state index in [0.717, 1.165) is 25.2 Å². The van der Waals surface area contributed by atoms with Crippen molar-refractivity contribution in [1.29, 1.82) is 0 Å². The van der Waals surface area contributed by atoms with Crippen molar-refractivity contribution in [2.24, 2.45) is 5.73 Å². The maximum Gasteiger partial charge on any atom is 0.128 e. The van der Waals surface area contributed by atoms with Gasteiger partial charge >= 0.3 is 0 Å². The molecule has 0 aromatic heterocycles. The van der Waals surface area contributed by atoms with Crippen molar-refractivity contribution in [2.75, 3.05) is 6.61 Å². The first-order valence-electron chi connectivity index (χ1n) is 6.43. The second-order valence-corrected chi connectivity index (χ2v) is 6.02. The lowest BCUT2D eigenvalue weighted by Gasteiger charge is -2.26. The van der Waals surface area contributed by atoms with E-state index in [0.29, 0.717) is 0 Å². The monoisotopic (exact) mass is 233 g/mol. The van der Waals surface area contributed by atoms with Crippen LogP contribution in [-0.2, 0) is 5.41 Å². The number of hydrogen-bond donors (Lipinski definition) is 1. The van der Waals surface area contributed by atoms with E-state index in [2.05, 4.69) is 39.8 Å². The lowest BCUT2D eigenvalue weighted by Crippen LogP contribution is -2.17. The molecular formula is C15H23NO. The van der Waals surface area contributed by atoms with E-state index < -0.39 is 0 Å². The third-order valence-electron chi connectivity index (χ3n) is 3.50. The molecule has 0 amide bonds. The van der Waals surface area contributed by atoms with Gasteiger partial charge in [0.25, 0.3) is 0 Å². The van der Waals surface area contributed by atoms with Crippen LogP contribution in [0.5, 0.6) is 5.75 Å². The van der Waals surface area contributed by atoms with Crippen LogP contribution in [0.2, 0.25) is 0 Å². The van der Waals surface area contributed by atoms with Gasteiger partial charge in [0.1, 0.15) is 5.75 Å². The predicted octanol–water partition coefficient (Wildman–Crippen LogP) is 3.46. The van der Waals surface area contributed by atoms with Crippen LogP contribution in [0.1, 0.15) is 56.3 Å². The Balaban J connectivity index is 2.62. The summed E-state index contributed by atoms with van der Waals surface area (Å²) in [5.41, 5.74) is 10.1. The van der Waals surface area contributed by atoms with Gasteiger partial charge in [-0.3, -0.25) is 0 Å². The van der Waals surface area contributed by atoms with E-state index in [9.17, 15) is 0 Å². The van der Waals surface area contributed by atoms with E-state index in [1.165, 1.54) is 16.7 Å². The van der Waals surface area contributed by atoms with Crippen LogP contribution in [0.25, 0.3) is 0 Å². The molecule has 0 fully saturated rings. The summed E-state index contributed by atoms with van der Waals surface area (Å²) in [4.78, 5) is 0. The maximum atomic E-state index is 6.28. The number of ether oxygens (including phenoxy) is 1. The second-order valence-electron chi connectivity index (χ2n) is 6.02. The molecule has 2 rings (SSSR count). The molecule has 0 aliphatic carbocycles. The Bertz CT molecular complexity index is 418. The van der Waals surface area contributed by atoms with Gasteiger partial charge in [0.2, 0.25) is 0 Å². The molecule has 1 aliphatic rings. The Morgan fingerprint density at radius 3 is 2.65 bits per heavy atom. The maximum absolute atomic E-state index is 6.28. The van der Waals surface area contributed by atoms with Crippen molar-refractivity contribution >= 4 is 0 Å². The Morgan fingerprint density at radius 2 is 2.00 bits per heavy atom. The molecule has 94 valence electrons. The molecule has 1 aromatic carbocycles. The first kappa shape index (κ1) is 12.4. The second kappa shape index (κ2) is 4.34. The highest BCUT2D eigenvalue weighted by atomic mass is 16.5. The molecule has 0 saturated carbocycles. The van der Waals surface area contributed by atoms with E-state index in [1.807, 2.05) is 0 Å². The molecule has 0 spiro atoms. The largest absolute Gasteiger partial charge is 0.493 e. The van der Waals surface area contributed by atoms with Gasteiger partial charge in [-0.2, -0.15) is 0 Å². The molecule has 17 heavy (non-hydrogen) atoms. The average molecular weight is 233 g/mol. The van der Waals surface area contributed by atoms with Gasteiger partial charge in [-0.15, -0.1) is 0 Å². The van der Waals surface area contributed by atoms with Gasteiger partial charge in [-0.25, -0.2) is 0 Å². The fraction of sp³-hybridized carbons (Fsp3) is 0.600. The fourth-order valence-corrected chi connectivity index (χ4v) is 2.53. The molecule has 0 bridgehead atoms. The van der Waals surface area contributed by atoms with Crippen LogP contribution < -0.4 is 10.5 Å². The lowest BCUT2D eigenvalue weighted by molar-refractivity contribution is 0.308. The molecule has 1 heterocycles. The first-order valence-corrected chi connectivity index (χ1v) is 6.43. The summed E-state index contributed by atoms with van der Waals surface area (Å²) in [6, 6.07) is 4.48. The summed E-state index contributed by atoms with van der Waals surface area (Å²) in [6.45, 7) is 9.57. The molecule has 1 unspecified atom stereocenters. The summed E-state index contributed by atoms with van der Waals surface area (Å²) in [7, 11) is 0. The quantitative estimate of drug-likeness (QED) is 0.744. The summed E-state index contributed by atoms with van der Waals surface area (Å²) in [6.07, 6.45) is 2.06. The van der Waals surface area contributed by atoms with E-state index >= 15 is 0 Å². The van der Waals surface area contributed by atoms with Crippen LogP contribution >= 0.6 is 0 Å². The normalized spacial score (nSPS) is 20.4. The molecule has 0 radical (unpaired) electrons. The van der Waals surface area contributed by atoms with Gasteiger partial charge in [0, 0.05) is 11.6 Å². The zero-order chi connectivity index (χ0) is 12.6. The van der Waals surface area contributed by atoms with Crippen molar-refractivity contribution in [3.63, 3.8) is 0 Å². The van der Waals surface area contributed by atoms with Crippen LogP contribution in [-0.4, -0.2) is 6.61 Å². The molecule has 0 saturated heterocycles. The van der Waals surface area contributed by atoms with Gasteiger partial charge in [-0.05, 0) is 36.3 Å². The minimum atomic E-state index is 0.0991. The predicted molar refractivity (Wildman–Crippen MR) is 71.5 cm³/mol. The molecular weight excluding hydrogens is 210 g/mol. The molecule has 1 atom stereocenters. The zero-order valence-electron chi connectivity index (χ0n) is 11.3. The molecule has 1 aliphatic heterocycles. The Labute approximate surface area is 104 Å². The number of hydrogen-bond acceptors (Lipinski definition) is 2. The summed E-state index contributed by atoms with van der Waals surface area (Å²) < 4.78 is 5.98. The van der Waals surface area contributed by atoms with Crippen LogP contribution in [0.4, 0.5) is 0 Å². The number of fused-ring (bicyclic) bond motifs is 1. The van der Waals surface area contributed by atoms with Gasteiger partial charge in [-0.1, -0.05) is 32.9 Å². The minimum Gasteiger partial charge on any atom is -0.493 e. The Hall–Kier alpha value is -1.02. The smallest absolute Gasteiger partial charge is 0.128 e. The number of aryl methyl sites for hydroxylation is 1. The first-order chi connectivity index (χ1) is 7.91. The SMILES string of the molecule is Cc1ccc(C(C)(C)C)c2c1C(N)CCCO2. The van der Waals surface area contributed by atoms with Crippen molar-refractivity contribution in [3.05, 3.63) is 28.8 Å². The summed E-state index contributed by atoms with van der Waals surface area (Å²) in [5, 5.41) is 0. The third-order valence-corrected chi connectivity index (χ3v) is 3.50. The van der Waals surface area contributed by atoms with Gasteiger partial charge in [0.15, 0.2) is 0 Å². The highest BCUT2D eigenvalue weighted by Crippen LogP contribution is 2.40. The van der Waals surface area contributed by atoms with E-state index in [-0.39, 0.29) is 11.5 Å².